The van der Waals surface area contributed by atoms with Crippen molar-refractivity contribution < 1.29 is 24.5 Å². The second-order valence-electron chi connectivity index (χ2n) is 4.20. The minimum absolute atomic E-state index is 0.233. The van der Waals surface area contributed by atoms with Crippen molar-refractivity contribution >= 4 is 17.5 Å². The van der Waals surface area contributed by atoms with E-state index >= 15 is 0 Å². The summed E-state index contributed by atoms with van der Waals surface area (Å²) in [5, 5.41) is 17.7. The van der Waals surface area contributed by atoms with Crippen LogP contribution in [0.1, 0.15) is 23.6 Å². The highest BCUT2D eigenvalue weighted by Gasteiger charge is 2.21. The predicted octanol–water partition coefficient (Wildman–Crippen LogP) is 1.02. The Bertz CT molecular complexity index is 564. The van der Waals surface area contributed by atoms with E-state index in [2.05, 4.69) is 0 Å². The molecule has 2 rings (SSSR count). The van der Waals surface area contributed by atoms with Gasteiger partial charge >= 0.3 is 11.9 Å². The minimum atomic E-state index is -1.31. The van der Waals surface area contributed by atoms with Gasteiger partial charge in [-0.3, -0.25) is 0 Å². The Labute approximate surface area is 109 Å². The molecule has 1 unspecified atom stereocenters. The number of nitrogens with two attached hydrogens (primary N) is 1. The maximum atomic E-state index is 11.1. The number of hydrogen-bond donors (Lipinski definition) is 3. The molecule has 1 heterocycles. The first-order valence-corrected chi connectivity index (χ1v) is 5.69. The van der Waals surface area contributed by atoms with E-state index in [1.165, 1.54) is 6.07 Å². The van der Waals surface area contributed by atoms with Gasteiger partial charge in [-0.05, 0) is 17.7 Å². The average Bonchev–Trinajstić information content (AvgIpc) is 2.36. The molecule has 0 aliphatic carbocycles. The van der Waals surface area contributed by atoms with Crippen LogP contribution in [0, 0.1) is 0 Å². The zero-order chi connectivity index (χ0) is 14.0. The topological polar surface area (TPSA) is 110 Å². The molecule has 0 radical (unpaired) electrons. The zero-order valence-corrected chi connectivity index (χ0v) is 10.00. The molecule has 0 spiro atoms. The monoisotopic (exact) mass is 263 g/mol. The highest BCUT2D eigenvalue weighted by molar-refractivity contribution is 6.19. The van der Waals surface area contributed by atoms with Crippen LogP contribution in [0.15, 0.2) is 24.3 Å². The lowest BCUT2D eigenvalue weighted by Gasteiger charge is -2.23. The van der Waals surface area contributed by atoms with Crippen LogP contribution in [0.25, 0.3) is 5.57 Å². The molecule has 1 aliphatic heterocycles. The van der Waals surface area contributed by atoms with Crippen molar-refractivity contribution in [2.45, 2.75) is 12.5 Å². The number of benzene rings is 1. The van der Waals surface area contributed by atoms with Gasteiger partial charge in [-0.1, -0.05) is 6.07 Å². The number of carbonyl (C=O) groups is 2. The zero-order valence-electron chi connectivity index (χ0n) is 10.00. The molecular formula is C13H13NO5. The van der Waals surface area contributed by atoms with Gasteiger partial charge in [0.2, 0.25) is 0 Å². The van der Waals surface area contributed by atoms with Crippen LogP contribution in [-0.2, 0) is 9.59 Å². The highest BCUT2D eigenvalue weighted by Crippen LogP contribution is 2.32. The maximum Gasteiger partial charge on any atom is 0.336 e. The van der Waals surface area contributed by atoms with Gasteiger partial charge in [-0.2, -0.15) is 0 Å². The van der Waals surface area contributed by atoms with E-state index in [9.17, 15) is 9.59 Å². The van der Waals surface area contributed by atoms with Crippen LogP contribution in [0.5, 0.6) is 5.75 Å². The van der Waals surface area contributed by atoms with E-state index in [4.69, 9.17) is 20.7 Å². The van der Waals surface area contributed by atoms with Gasteiger partial charge in [0.25, 0.3) is 0 Å². The first kappa shape index (κ1) is 13.1. The molecule has 4 N–H and O–H groups in total. The summed E-state index contributed by atoms with van der Waals surface area (Å²) in [5.74, 6) is -1.99. The van der Waals surface area contributed by atoms with Gasteiger partial charge in [-0.25, -0.2) is 9.59 Å². The Morgan fingerprint density at radius 1 is 1.37 bits per heavy atom. The molecule has 0 aromatic heterocycles. The lowest BCUT2D eigenvalue weighted by atomic mass is 9.96. The number of hydrogen-bond acceptors (Lipinski definition) is 4. The first-order chi connectivity index (χ1) is 8.99. The van der Waals surface area contributed by atoms with E-state index in [0.717, 1.165) is 0 Å². The fourth-order valence-electron chi connectivity index (χ4n) is 1.98. The number of carboxylic acid groups (broad SMARTS) is 2. The molecule has 1 aliphatic rings. The minimum Gasteiger partial charge on any atom is -0.493 e. The molecule has 0 fully saturated rings. The molecule has 19 heavy (non-hydrogen) atoms. The number of rotatable bonds is 3. The Kier molecular flexibility index (Phi) is 3.52. The predicted molar refractivity (Wildman–Crippen MR) is 66.7 cm³/mol. The van der Waals surface area contributed by atoms with Gasteiger partial charge < -0.3 is 20.7 Å². The van der Waals surface area contributed by atoms with E-state index < -0.39 is 11.9 Å². The summed E-state index contributed by atoms with van der Waals surface area (Å²) in [6, 6.07) is 4.47. The summed E-state index contributed by atoms with van der Waals surface area (Å²) < 4.78 is 5.41. The quantitative estimate of drug-likeness (QED) is 0.702. The van der Waals surface area contributed by atoms with Crippen LogP contribution < -0.4 is 10.5 Å². The number of fused-ring (bicyclic) bond motifs is 1. The lowest BCUT2D eigenvalue weighted by molar-refractivity contribution is -0.133. The summed E-state index contributed by atoms with van der Waals surface area (Å²) >= 11 is 0. The van der Waals surface area contributed by atoms with Crippen LogP contribution in [0.3, 0.4) is 0 Å². The Balaban J connectivity index is 2.48. The van der Waals surface area contributed by atoms with Crippen LogP contribution >= 0.6 is 0 Å². The summed E-state index contributed by atoms with van der Waals surface area (Å²) in [6.45, 7) is 0.518. The average molecular weight is 263 g/mol. The lowest BCUT2D eigenvalue weighted by Crippen LogP contribution is -2.20. The maximum absolute atomic E-state index is 11.1. The third-order valence-electron chi connectivity index (χ3n) is 2.90. The van der Waals surface area contributed by atoms with Gasteiger partial charge in [0.15, 0.2) is 0 Å². The number of carboxylic acids is 2. The van der Waals surface area contributed by atoms with E-state index in [1.807, 2.05) is 0 Å². The van der Waals surface area contributed by atoms with Crippen molar-refractivity contribution in [1.29, 1.82) is 0 Å². The van der Waals surface area contributed by atoms with Crippen molar-refractivity contribution in [2.24, 2.45) is 5.73 Å². The number of aliphatic carboxylic acids is 2. The Morgan fingerprint density at radius 2 is 2.11 bits per heavy atom. The third kappa shape index (κ3) is 2.74. The van der Waals surface area contributed by atoms with Gasteiger partial charge in [0.1, 0.15) is 5.75 Å². The molecule has 6 nitrogen and oxygen atoms in total. The summed E-state index contributed by atoms with van der Waals surface area (Å²) in [5.41, 5.74) is 6.64. The van der Waals surface area contributed by atoms with Crippen molar-refractivity contribution in [3.8, 4) is 5.75 Å². The van der Waals surface area contributed by atoms with Crippen LogP contribution in [0.2, 0.25) is 0 Å². The molecule has 1 aromatic rings. The Hall–Kier alpha value is -2.34. The second kappa shape index (κ2) is 5.11. The smallest absolute Gasteiger partial charge is 0.336 e. The summed E-state index contributed by atoms with van der Waals surface area (Å²) in [6.07, 6.45) is 1.31. The molecule has 0 amide bonds. The van der Waals surface area contributed by atoms with Crippen LogP contribution in [0.4, 0.5) is 0 Å². The second-order valence-corrected chi connectivity index (χ2v) is 4.20. The van der Waals surface area contributed by atoms with Gasteiger partial charge in [-0.15, -0.1) is 0 Å². The molecule has 6 heteroatoms. The van der Waals surface area contributed by atoms with Crippen molar-refractivity contribution in [3.63, 3.8) is 0 Å². The van der Waals surface area contributed by atoms with E-state index in [-0.39, 0.29) is 11.6 Å². The fraction of sp³-hybridized carbons (Fsp3) is 0.231. The van der Waals surface area contributed by atoms with Crippen molar-refractivity contribution in [2.75, 3.05) is 6.61 Å². The standard InChI is InChI=1S/C13H13NO5/c14-10-3-4-19-11-2-1-7(5-9(10)11)8(13(17)18)6-12(15)16/h1-2,5-6,10H,3-4,14H2,(H,15,16)(H,17,18)/b8-6-. The summed E-state index contributed by atoms with van der Waals surface area (Å²) in [7, 11) is 0. The molecule has 100 valence electrons. The largest absolute Gasteiger partial charge is 0.493 e. The normalized spacial score (nSPS) is 18.4. The molecule has 0 saturated heterocycles. The van der Waals surface area contributed by atoms with Crippen molar-refractivity contribution in [1.82, 2.24) is 0 Å². The van der Waals surface area contributed by atoms with E-state index in [1.54, 1.807) is 12.1 Å². The highest BCUT2D eigenvalue weighted by atomic mass is 16.5. The molecule has 0 saturated carbocycles. The molecule has 0 bridgehead atoms. The summed E-state index contributed by atoms with van der Waals surface area (Å²) in [4.78, 5) is 21.7. The fourth-order valence-corrected chi connectivity index (χ4v) is 1.98. The molecule has 1 aromatic carbocycles. The van der Waals surface area contributed by atoms with Crippen molar-refractivity contribution in [3.05, 3.63) is 35.4 Å². The van der Waals surface area contributed by atoms with Crippen LogP contribution in [-0.4, -0.2) is 28.8 Å². The van der Waals surface area contributed by atoms with Gasteiger partial charge in [0.05, 0.1) is 12.2 Å². The molecular weight excluding hydrogens is 250 g/mol. The van der Waals surface area contributed by atoms with Gasteiger partial charge in [0, 0.05) is 24.1 Å². The SMILES string of the molecule is NC1CCOc2ccc(/C(=C/C(=O)O)C(=O)O)cc21. The third-order valence-corrected chi connectivity index (χ3v) is 2.90. The number of ether oxygens (including phenoxy) is 1. The first-order valence-electron chi connectivity index (χ1n) is 5.69. The molecule has 1 atom stereocenters. The van der Waals surface area contributed by atoms with E-state index in [0.29, 0.717) is 36.0 Å². The Morgan fingerprint density at radius 3 is 2.74 bits per heavy atom.